The smallest absolute Gasteiger partial charge is 0.212 e. The van der Waals surface area contributed by atoms with Gasteiger partial charge in [-0.2, -0.15) is 0 Å². The molecule has 0 aliphatic carbocycles. The van der Waals surface area contributed by atoms with Crippen LogP contribution in [-0.4, -0.2) is 13.4 Å². The van der Waals surface area contributed by atoms with Crippen molar-refractivity contribution in [3.05, 3.63) is 64.8 Å². The lowest BCUT2D eigenvalue weighted by molar-refractivity contribution is 0.492. The summed E-state index contributed by atoms with van der Waals surface area (Å²) >= 11 is 1.44. The first-order valence-electron chi connectivity index (χ1n) is 7.27. The Morgan fingerprint density at radius 3 is 2.43 bits per heavy atom. The average Bonchev–Trinajstić information content (AvgIpc) is 3.25. The van der Waals surface area contributed by atoms with Gasteiger partial charge in [-0.25, -0.2) is 13.4 Å². The lowest BCUT2D eigenvalue weighted by Gasteiger charge is -2.15. The lowest BCUT2D eigenvalue weighted by Crippen LogP contribution is -2.16. The first-order valence-corrected chi connectivity index (χ1v) is 9.76. The fraction of sp³-hybridized carbons (Fsp3) is 0.235. The molecule has 2 aromatic heterocycles. The average molecular weight is 347 g/mol. The second-order valence-corrected chi connectivity index (χ2v) is 8.89. The van der Waals surface area contributed by atoms with Gasteiger partial charge in [0, 0.05) is 10.4 Å². The van der Waals surface area contributed by atoms with Crippen LogP contribution in [0.5, 0.6) is 0 Å². The second kappa shape index (κ2) is 6.29. The second-order valence-electron chi connectivity index (χ2n) is 5.32. The number of hydrogen-bond donors (Lipinski definition) is 0. The molecule has 0 saturated heterocycles. The van der Waals surface area contributed by atoms with Crippen LogP contribution >= 0.6 is 11.3 Å². The predicted molar refractivity (Wildman–Crippen MR) is 92.0 cm³/mol. The van der Waals surface area contributed by atoms with Gasteiger partial charge in [0.1, 0.15) is 5.25 Å². The summed E-state index contributed by atoms with van der Waals surface area (Å²) in [5.41, 5.74) is 0.877. The molecular weight excluding hydrogens is 330 g/mol. The summed E-state index contributed by atoms with van der Waals surface area (Å²) in [4.78, 5) is 5.01. The highest BCUT2D eigenvalue weighted by Crippen LogP contribution is 2.36. The van der Waals surface area contributed by atoms with E-state index in [2.05, 4.69) is 4.98 Å². The molecule has 4 nitrogen and oxygen atoms in total. The summed E-state index contributed by atoms with van der Waals surface area (Å²) in [5, 5.41) is 0.506. The van der Waals surface area contributed by atoms with Gasteiger partial charge in [-0.15, -0.1) is 11.3 Å². The molecule has 2 heterocycles. The van der Waals surface area contributed by atoms with Crippen LogP contribution in [0.25, 0.3) is 11.3 Å². The number of hydrogen-bond acceptors (Lipinski definition) is 5. The third-order valence-corrected chi connectivity index (χ3v) is 7.49. The number of rotatable bonds is 5. The molecule has 0 bridgehead atoms. The van der Waals surface area contributed by atoms with Crippen molar-refractivity contribution in [1.29, 1.82) is 0 Å². The van der Waals surface area contributed by atoms with Gasteiger partial charge in [0.15, 0.2) is 15.6 Å². The van der Waals surface area contributed by atoms with E-state index in [4.69, 9.17) is 4.42 Å². The molecule has 0 saturated carbocycles. The van der Waals surface area contributed by atoms with Crippen LogP contribution in [0, 0.1) is 0 Å². The Bertz CT molecular complexity index is 868. The minimum atomic E-state index is -3.43. The minimum Gasteiger partial charge on any atom is -0.439 e. The summed E-state index contributed by atoms with van der Waals surface area (Å²) in [5.74, 6) is 0.804. The summed E-state index contributed by atoms with van der Waals surface area (Å²) in [6.07, 6.45) is 1.58. The van der Waals surface area contributed by atoms with Crippen molar-refractivity contribution in [2.45, 2.75) is 24.3 Å². The van der Waals surface area contributed by atoms with E-state index in [0.717, 1.165) is 10.4 Å². The maximum Gasteiger partial charge on any atom is 0.212 e. The molecule has 120 valence electrons. The molecule has 3 aromatic rings. The van der Waals surface area contributed by atoms with E-state index < -0.39 is 20.3 Å². The van der Waals surface area contributed by atoms with Crippen LogP contribution in [0.15, 0.2) is 58.5 Å². The number of aromatic nitrogens is 1. The Balaban J connectivity index is 1.88. The molecule has 0 aliphatic rings. The molecule has 23 heavy (non-hydrogen) atoms. The maximum atomic E-state index is 12.8. The van der Waals surface area contributed by atoms with Crippen LogP contribution in [0.3, 0.4) is 0 Å². The fourth-order valence-corrected chi connectivity index (χ4v) is 4.98. The minimum absolute atomic E-state index is 0.229. The van der Waals surface area contributed by atoms with Crippen molar-refractivity contribution in [3.63, 3.8) is 0 Å². The molecule has 0 spiro atoms. The lowest BCUT2D eigenvalue weighted by atomic mass is 10.2. The highest BCUT2D eigenvalue weighted by Gasteiger charge is 2.33. The Hall–Kier alpha value is -1.92. The van der Waals surface area contributed by atoms with Crippen LogP contribution in [-0.2, 0) is 9.84 Å². The summed E-state index contributed by atoms with van der Waals surface area (Å²) < 4.78 is 31.3. The summed E-state index contributed by atoms with van der Waals surface area (Å²) in [7, 11) is -3.43. The van der Waals surface area contributed by atoms with E-state index in [1.54, 1.807) is 20.0 Å². The zero-order chi connectivity index (χ0) is 16.4. The van der Waals surface area contributed by atoms with Crippen molar-refractivity contribution in [2.24, 2.45) is 0 Å². The van der Waals surface area contributed by atoms with Gasteiger partial charge in [0.25, 0.3) is 0 Å². The monoisotopic (exact) mass is 347 g/mol. The molecule has 3 rings (SSSR count). The van der Waals surface area contributed by atoms with Crippen molar-refractivity contribution in [2.75, 3.05) is 0 Å². The van der Waals surface area contributed by atoms with E-state index in [-0.39, 0.29) is 5.89 Å². The van der Waals surface area contributed by atoms with Gasteiger partial charge < -0.3 is 4.42 Å². The molecule has 0 N–H and O–H groups in total. The van der Waals surface area contributed by atoms with Gasteiger partial charge in [0.2, 0.25) is 5.89 Å². The topological polar surface area (TPSA) is 60.2 Å². The zero-order valence-corrected chi connectivity index (χ0v) is 14.5. The summed E-state index contributed by atoms with van der Waals surface area (Å²) in [6.45, 7) is 3.33. The molecule has 1 aromatic carbocycles. The number of thiophene rings is 1. The SMILES string of the molecule is C[C@H](c1ncc(-c2ccccc2)o1)S(=O)(=O)[C@@H](C)c1cccs1. The number of sulfone groups is 1. The Morgan fingerprint density at radius 1 is 1.04 bits per heavy atom. The van der Waals surface area contributed by atoms with Crippen molar-refractivity contribution < 1.29 is 12.8 Å². The third kappa shape index (κ3) is 3.09. The molecule has 0 radical (unpaired) electrons. The molecule has 0 amide bonds. The van der Waals surface area contributed by atoms with Gasteiger partial charge in [0.05, 0.1) is 11.4 Å². The van der Waals surface area contributed by atoms with Crippen molar-refractivity contribution >= 4 is 21.2 Å². The van der Waals surface area contributed by atoms with E-state index in [1.165, 1.54) is 11.3 Å². The standard InChI is InChI=1S/C17H17NO3S2/c1-12(16-9-6-10-22-16)23(19,20)13(2)17-18-11-15(21-17)14-7-4-3-5-8-14/h3-13H,1-2H3/t12-,13+/m0/s1. The molecule has 0 fully saturated rings. The van der Waals surface area contributed by atoms with Crippen LogP contribution < -0.4 is 0 Å². The number of nitrogens with zero attached hydrogens (tertiary/aromatic N) is 1. The van der Waals surface area contributed by atoms with Crippen LogP contribution in [0.4, 0.5) is 0 Å². The van der Waals surface area contributed by atoms with E-state index in [1.807, 2.05) is 47.8 Å². The van der Waals surface area contributed by atoms with E-state index in [9.17, 15) is 8.42 Å². The molecule has 2 atom stereocenters. The number of benzene rings is 1. The first-order chi connectivity index (χ1) is 11.0. The van der Waals surface area contributed by atoms with Gasteiger partial charge >= 0.3 is 0 Å². The van der Waals surface area contributed by atoms with Crippen molar-refractivity contribution in [1.82, 2.24) is 4.98 Å². The highest BCUT2D eigenvalue weighted by atomic mass is 32.2. The number of oxazole rings is 1. The fourth-order valence-electron chi connectivity index (χ4n) is 2.34. The first kappa shape index (κ1) is 16.0. The zero-order valence-electron chi connectivity index (χ0n) is 12.8. The summed E-state index contributed by atoms with van der Waals surface area (Å²) in [6, 6.07) is 13.2. The van der Waals surface area contributed by atoms with Crippen LogP contribution in [0.2, 0.25) is 0 Å². The normalized spacial score (nSPS) is 14.5. The highest BCUT2D eigenvalue weighted by molar-refractivity contribution is 7.92. The van der Waals surface area contributed by atoms with Gasteiger partial charge in [-0.1, -0.05) is 36.4 Å². The van der Waals surface area contributed by atoms with Gasteiger partial charge in [-0.3, -0.25) is 0 Å². The maximum absolute atomic E-state index is 12.8. The third-order valence-electron chi connectivity index (χ3n) is 3.86. The van der Waals surface area contributed by atoms with Gasteiger partial charge in [-0.05, 0) is 25.3 Å². The molecule has 6 heteroatoms. The Labute approximate surface area is 139 Å². The largest absolute Gasteiger partial charge is 0.439 e. The Kier molecular flexibility index (Phi) is 4.37. The quantitative estimate of drug-likeness (QED) is 0.674. The van der Waals surface area contributed by atoms with Crippen molar-refractivity contribution in [3.8, 4) is 11.3 Å². The molecule has 0 aliphatic heterocycles. The van der Waals surface area contributed by atoms with Crippen LogP contribution in [0.1, 0.15) is 35.1 Å². The molecular formula is C17H17NO3S2. The Morgan fingerprint density at radius 2 is 1.78 bits per heavy atom. The van der Waals surface area contributed by atoms with E-state index >= 15 is 0 Å². The molecule has 0 unspecified atom stereocenters. The predicted octanol–water partition coefficient (Wildman–Crippen LogP) is 4.64. The van der Waals surface area contributed by atoms with E-state index in [0.29, 0.717) is 5.76 Å².